The number of rotatable bonds is 2. The van der Waals surface area contributed by atoms with Crippen LogP contribution in [-0.2, 0) is 0 Å². The van der Waals surface area contributed by atoms with Crippen LogP contribution in [0.4, 0.5) is 11.4 Å². The lowest BCUT2D eigenvalue weighted by Crippen LogP contribution is -2.58. The number of benzene rings is 1. The van der Waals surface area contributed by atoms with Crippen LogP contribution in [0.3, 0.4) is 0 Å². The molecule has 1 heterocycles. The molecule has 1 saturated carbocycles. The van der Waals surface area contributed by atoms with Crippen LogP contribution in [0.2, 0.25) is 0 Å². The highest BCUT2D eigenvalue weighted by Gasteiger charge is 2.42. The fraction of sp³-hybridized carbons (Fsp3) is 0.429. The number of hydrogen-bond acceptors (Lipinski definition) is 7. The number of nitrogens with zero attached hydrogens (tertiary/aromatic N) is 4. The first-order valence-electron chi connectivity index (χ1n) is 7.26. The Morgan fingerprint density at radius 1 is 1.23 bits per heavy atom. The molecule has 1 aromatic rings. The van der Waals surface area contributed by atoms with E-state index in [0.717, 1.165) is 32.1 Å². The number of non-ortho nitro benzene ring substituents is 1. The number of aliphatic imine (C=N–C) groups is 2. The van der Waals surface area contributed by atoms with Gasteiger partial charge in [0.05, 0.1) is 10.6 Å². The van der Waals surface area contributed by atoms with E-state index in [0.29, 0.717) is 5.69 Å². The minimum absolute atomic E-state index is 0.0128. The van der Waals surface area contributed by atoms with Crippen molar-refractivity contribution < 1.29 is 4.92 Å². The number of nitrogens with two attached hydrogens (primary N) is 2. The molecule has 4 N–H and O–H groups in total. The molecule has 116 valence electrons. The van der Waals surface area contributed by atoms with E-state index in [1.807, 2.05) is 0 Å². The summed E-state index contributed by atoms with van der Waals surface area (Å²) in [7, 11) is 0. The molecule has 0 unspecified atom stereocenters. The van der Waals surface area contributed by atoms with Gasteiger partial charge in [-0.3, -0.25) is 15.0 Å². The van der Waals surface area contributed by atoms with Gasteiger partial charge in [-0.2, -0.15) is 4.99 Å². The number of nitro groups is 1. The number of guanidine groups is 2. The second kappa shape index (κ2) is 5.28. The Kier molecular flexibility index (Phi) is 3.44. The Balaban J connectivity index is 2.08. The Morgan fingerprint density at radius 3 is 2.64 bits per heavy atom. The molecule has 0 bridgehead atoms. The fourth-order valence-electron chi connectivity index (χ4n) is 3.24. The summed E-state index contributed by atoms with van der Waals surface area (Å²) in [5.74, 6) is 0.399. The lowest BCUT2D eigenvalue weighted by Gasteiger charge is -2.45. The number of anilines is 1. The molecule has 22 heavy (non-hydrogen) atoms. The highest BCUT2D eigenvalue weighted by atomic mass is 16.6. The first kappa shape index (κ1) is 14.3. The maximum Gasteiger partial charge on any atom is 0.271 e. The van der Waals surface area contributed by atoms with Crippen molar-refractivity contribution in [1.29, 1.82) is 0 Å². The molecule has 0 amide bonds. The summed E-state index contributed by atoms with van der Waals surface area (Å²) in [6.45, 7) is 0. The second-order valence-electron chi connectivity index (χ2n) is 5.60. The van der Waals surface area contributed by atoms with Gasteiger partial charge in [-0.05, 0) is 31.7 Å². The van der Waals surface area contributed by atoms with E-state index in [2.05, 4.69) is 9.98 Å². The van der Waals surface area contributed by atoms with Crippen molar-refractivity contribution in [1.82, 2.24) is 0 Å². The van der Waals surface area contributed by atoms with Crippen LogP contribution in [0.5, 0.6) is 0 Å². The van der Waals surface area contributed by atoms with E-state index < -0.39 is 10.6 Å². The zero-order chi connectivity index (χ0) is 15.7. The highest BCUT2D eigenvalue weighted by Crippen LogP contribution is 2.40. The average molecular weight is 302 g/mol. The molecule has 0 atom stereocenters. The molecule has 1 aliphatic carbocycles. The number of hydrogen-bond donors (Lipinski definition) is 2. The first-order chi connectivity index (χ1) is 10.5. The van der Waals surface area contributed by atoms with Crippen LogP contribution < -0.4 is 16.4 Å². The van der Waals surface area contributed by atoms with E-state index in [1.54, 1.807) is 17.0 Å². The van der Waals surface area contributed by atoms with Gasteiger partial charge in [0.2, 0.25) is 11.9 Å². The van der Waals surface area contributed by atoms with E-state index in [-0.39, 0.29) is 17.6 Å². The predicted molar refractivity (Wildman–Crippen MR) is 84.6 cm³/mol. The smallest absolute Gasteiger partial charge is 0.271 e. The maximum atomic E-state index is 11.0. The van der Waals surface area contributed by atoms with Crippen molar-refractivity contribution in [2.24, 2.45) is 21.5 Å². The second-order valence-corrected chi connectivity index (χ2v) is 5.60. The van der Waals surface area contributed by atoms with Crippen molar-refractivity contribution in [3.8, 4) is 0 Å². The van der Waals surface area contributed by atoms with Gasteiger partial charge < -0.3 is 11.5 Å². The monoisotopic (exact) mass is 302 g/mol. The molecule has 0 aromatic heterocycles. The van der Waals surface area contributed by atoms with Gasteiger partial charge in [-0.15, -0.1) is 0 Å². The van der Waals surface area contributed by atoms with Gasteiger partial charge in [-0.25, -0.2) is 4.99 Å². The molecule has 3 rings (SSSR count). The quantitative estimate of drug-likeness (QED) is 0.635. The van der Waals surface area contributed by atoms with Gasteiger partial charge >= 0.3 is 0 Å². The molecule has 8 nitrogen and oxygen atoms in total. The van der Waals surface area contributed by atoms with E-state index in [4.69, 9.17) is 11.5 Å². The summed E-state index contributed by atoms with van der Waals surface area (Å²) in [6, 6.07) is 6.36. The molecule has 1 aromatic carbocycles. The summed E-state index contributed by atoms with van der Waals surface area (Å²) in [6.07, 6.45) is 4.75. The van der Waals surface area contributed by atoms with Gasteiger partial charge in [0.25, 0.3) is 5.69 Å². The SMILES string of the molecule is NC1=NC2(CCCCC2)N(c2cccc([N+](=O)[O-])c2)C(N)=N1. The third-order valence-corrected chi connectivity index (χ3v) is 4.15. The topological polar surface area (TPSA) is 123 Å². The summed E-state index contributed by atoms with van der Waals surface area (Å²) < 4.78 is 0. The van der Waals surface area contributed by atoms with Gasteiger partial charge in [-0.1, -0.05) is 12.5 Å². The Morgan fingerprint density at radius 2 is 1.95 bits per heavy atom. The highest BCUT2D eigenvalue weighted by molar-refractivity contribution is 6.05. The van der Waals surface area contributed by atoms with Crippen LogP contribution >= 0.6 is 0 Å². The molecule has 1 spiro atoms. The fourth-order valence-corrected chi connectivity index (χ4v) is 3.24. The molecular formula is C14H18N6O2. The Labute approximate surface area is 127 Å². The summed E-state index contributed by atoms with van der Waals surface area (Å²) >= 11 is 0. The third kappa shape index (κ3) is 2.36. The lowest BCUT2D eigenvalue weighted by atomic mass is 9.87. The summed E-state index contributed by atoms with van der Waals surface area (Å²) in [5, 5.41) is 11.0. The van der Waals surface area contributed by atoms with Crippen molar-refractivity contribution in [2.75, 3.05) is 4.90 Å². The average Bonchev–Trinajstić information content (AvgIpc) is 2.47. The largest absolute Gasteiger partial charge is 0.369 e. The van der Waals surface area contributed by atoms with E-state index >= 15 is 0 Å². The van der Waals surface area contributed by atoms with E-state index in [9.17, 15) is 10.1 Å². The van der Waals surface area contributed by atoms with Crippen LogP contribution in [-0.4, -0.2) is 22.5 Å². The molecular weight excluding hydrogens is 284 g/mol. The Bertz CT molecular complexity index is 663. The van der Waals surface area contributed by atoms with Gasteiger partial charge in [0.15, 0.2) is 0 Å². The molecule has 1 fully saturated rings. The van der Waals surface area contributed by atoms with Crippen LogP contribution in [0, 0.1) is 10.1 Å². The minimum Gasteiger partial charge on any atom is -0.369 e. The van der Waals surface area contributed by atoms with Gasteiger partial charge in [0, 0.05) is 12.1 Å². The molecule has 8 heteroatoms. The zero-order valence-electron chi connectivity index (χ0n) is 12.1. The van der Waals surface area contributed by atoms with E-state index in [1.165, 1.54) is 12.1 Å². The minimum atomic E-state index is -0.580. The predicted octanol–water partition coefficient (Wildman–Crippen LogP) is 1.70. The number of nitro benzene ring substituents is 1. The zero-order valence-corrected chi connectivity index (χ0v) is 12.1. The van der Waals surface area contributed by atoms with Crippen molar-refractivity contribution in [2.45, 2.75) is 37.8 Å². The standard InChI is InChI=1S/C14H18N6O2/c15-12-17-13(16)19(14(18-12)7-2-1-3-8-14)10-5-4-6-11(9-10)20(21)22/h4-6,9H,1-3,7-8H2,(H4,15,16,17,18). The molecule has 0 radical (unpaired) electrons. The van der Waals surface area contributed by atoms with Crippen molar-refractivity contribution >= 4 is 23.3 Å². The third-order valence-electron chi connectivity index (χ3n) is 4.15. The first-order valence-corrected chi connectivity index (χ1v) is 7.26. The maximum absolute atomic E-state index is 11.0. The molecule has 0 saturated heterocycles. The van der Waals surface area contributed by atoms with Crippen molar-refractivity contribution in [3.63, 3.8) is 0 Å². The van der Waals surface area contributed by atoms with Gasteiger partial charge in [0.1, 0.15) is 5.66 Å². The van der Waals surface area contributed by atoms with Crippen LogP contribution in [0.15, 0.2) is 34.3 Å². The normalized spacial score (nSPS) is 20.5. The van der Waals surface area contributed by atoms with Crippen LogP contribution in [0.1, 0.15) is 32.1 Å². The Hall–Kier alpha value is -2.64. The summed E-state index contributed by atoms with van der Waals surface area (Å²) in [4.78, 5) is 21.0. The lowest BCUT2D eigenvalue weighted by molar-refractivity contribution is -0.384. The van der Waals surface area contributed by atoms with Crippen LogP contribution in [0.25, 0.3) is 0 Å². The van der Waals surface area contributed by atoms with Crippen molar-refractivity contribution in [3.05, 3.63) is 34.4 Å². The molecule has 2 aliphatic rings. The molecule has 1 aliphatic heterocycles. The summed E-state index contributed by atoms with van der Waals surface area (Å²) in [5.41, 5.74) is 11.9.